The van der Waals surface area contributed by atoms with E-state index in [0.717, 1.165) is 25.7 Å². The van der Waals surface area contributed by atoms with Crippen molar-refractivity contribution in [3.63, 3.8) is 0 Å². The van der Waals surface area contributed by atoms with Gasteiger partial charge in [-0.25, -0.2) is 4.98 Å². The van der Waals surface area contributed by atoms with Gasteiger partial charge in [-0.2, -0.15) is 0 Å². The Balaban J connectivity index is 1.77. The van der Waals surface area contributed by atoms with Crippen molar-refractivity contribution >= 4 is 28.1 Å². The fourth-order valence-electron chi connectivity index (χ4n) is 3.02. The van der Waals surface area contributed by atoms with Gasteiger partial charge >= 0.3 is 5.82 Å². The van der Waals surface area contributed by atoms with Gasteiger partial charge in [-0.15, -0.1) is 0 Å². The van der Waals surface area contributed by atoms with E-state index in [0.29, 0.717) is 17.2 Å². The van der Waals surface area contributed by atoms with Crippen LogP contribution in [0.4, 0.5) is 11.6 Å². The zero-order chi connectivity index (χ0) is 16.4. The molecule has 3 rings (SSSR count). The Kier molecular flexibility index (Phi) is 4.56. The molecule has 0 radical (unpaired) electrons. The molecule has 0 aromatic carbocycles. The summed E-state index contributed by atoms with van der Waals surface area (Å²) in [5.74, 6) is 1.10. The number of aromatic nitrogens is 3. The van der Waals surface area contributed by atoms with E-state index in [1.807, 2.05) is 6.92 Å². The van der Waals surface area contributed by atoms with E-state index in [1.54, 1.807) is 12.1 Å². The van der Waals surface area contributed by atoms with Gasteiger partial charge in [-0.05, 0) is 30.3 Å². The fourth-order valence-corrected chi connectivity index (χ4v) is 4.37. The minimum atomic E-state index is -0.783. The molecule has 9 heteroatoms. The van der Waals surface area contributed by atoms with Crippen molar-refractivity contribution in [2.75, 3.05) is 11.1 Å². The van der Waals surface area contributed by atoms with Gasteiger partial charge in [0.25, 0.3) is 0 Å². The predicted octanol–water partition coefficient (Wildman–Crippen LogP) is 2.13. The van der Waals surface area contributed by atoms with E-state index in [4.69, 9.17) is 0 Å². The molecule has 8 nitrogen and oxygen atoms in total. The summed E-state index contributed by atoms with van der Waals surface area (Å²) >= 11 is 0. The summed E-state index contributed by atoms with van der Waals surface area (Å²) in [7, 11) is -0.783. The molecule has 124 valence electrons. The quantitative estimate of drug-likeness (QED) is 0.662. The first kappa shape index (κ1) is 15.9. The van der Waals surface area contributed by atoms with Crippen molar-refractivity contribution < 1.29 is 9.13 Å². The highest BCUT2D eigenvalue weighted by atomic mass is 32.2. The zero-order valence-electron chi connectivity index (χ0n) is 12.8. The Hall–Kier alpha value is -2.03. The summed E-state index contributed by atoms with van der Waals surface area (Å²) in [5.41, 5.74) is 0.441. The first-order valence-corrected chi connectivity index (χ1v) is 9.09. The summed E-state index contributed by atoms with van der Waals surface area (Å²) in [6.45, 7) is 1.95. The van der Waals surface area contributed by atoms with E-state index in [9.17, 15) is 14.3 Å². The molecule has 1 fully saturated rings. The Morgan fingerprint density at radius 1 is 1.48 bits per heavy atom. The Morgan fingerprint density at radius 3 is 3.04 bits per heavy atom. The minimum absolute atomic E-state index is 0.155. The Morgan fingerprint density at radius 2 is 2.30 bits per heavy atom. The number of hydrogen-bond donors (Lipinski definition) is 1. The van der Waals surface area contributed by atoms with Crippen LogP contribution in [-0.4, -0.2) is 40.8 Å². The van der Waals surface area contributed by atoms with Crippen LogP contribution in [-0.2, 0) is 10.8 Å². The van der Waals surface area contributed by atoms with Gasteiger partial charge in [0.05, 0.1) is 0 Å². The number of nitrogens with zero attached hydrogens (tertiary/aromatic N) is 4. The molecule has 1 N–H and O–H groups in total. The summed E-state index contributed by atoms with van der Waals surface area (Å²) in [6.07, 6.45) is 5.06. The van der Waals surface area contributed by atoms with Crippen molar-refractivity contribution in [3.8, 4) is 0 Å². The molecule has 1 saturated carbocycles. The third kappa shape index (κ3) is 3.34. The maximum absolute atomic E-state index is 12.0. The standard InChI is InChI=1S/C14H19N5O3S/c1-2-23(22)11-5-3-4-10(8-11)16-12-6-7-13-15-9-14(19(20)21)18(13)17-12/h6-7,9-11H,2-5,8H2,1H3,(H,16,17). The van der Waals surface area contributed by atoms with Crippen LogP contribution in [0.5, 0.6) is 0 Å². The number of nitro groups is 1. The summed E-state index contributed by atoms with van der Waals surface area (Å²) in [4.78, 5) is 14.4. The number of nitrogens with one attached hydrogen (secondary N) is 1. The molecule has 2 aromatic heterocycles. The summed E-state index contributed by atoms with van der Waals surface area (Å²) < 4.78 is 13.2. The highest BCUT2D eigenvalue weighted by molar-refractivity contribution is 7.85. The number of rotatable bonds is 5. The van der Waals surface area contributed by atoms with Gasteiger partial charge in [0.2, 0.25) is 5.65 Å². The van der Waals surface area contributed by atoms with Crippen molar-refractivity contribution in [2.24, 2.45) is 0 Å². The van der Waals surface area contributed by atoms with Crippen LogP contribution < -0.4 is 5.32 Å². The molecule has 23 heavy (non-hydrogen) atoms. The molecule has 0 saturated heterocycles. The second-order valence-corrected chi connectivity index (χ2v) is 7.67. The lowest BCUT2D eigenvalue weighted by Gasteiger charge is -2.29. The van der Waals surface area contributed by atoms with Crippen molar-refractivity contribution in [3.05, 3.63) is 28.4 Å². The van der Waals surface area contributed by atoms with E-state index >= 15 is 0 Å². The molecule has 0 amide bonds. The maximum atomic E-state index is 12.0. The van der Waals surface area contributed by atoms with Gasteiger partial charge in [-0.1, -0.05) is 23.0 Å². The fraction of sp³-hybridized carbons (Fsp3) is 0.571. The summed E-state index contributed by atoms with van der Waals surface area (Å²) in [6, 6.07) is 3.66. The van der Waals surface area contributed by atoms with Crippen molar-refractivity contribution in [1.82, 2.24) is 14.6 Å². The lowest BCUT2D eigenvalue weighted by molar-refractivity contribution is -0.391. The van der Waals surface area contributed by atoms with E-state index < -0.39 is 15.7 Å². The van der Waals surface area contributed by atoms with Gasteiger partial charge in [0.15, 0.2) is 5.82 Å². The SMILES string of the molecule is CCS(=O)C1CCCC(Nc2ccc3ncc([N+](=O)[O-])n3n2)C1. The average Bonchev–Trinajstić information content (AvgIpc) is 2.97. The first-order valence-electron chi connectivity index (χ1n) is 7.71. The highest BCUT2D eigenvalue weighted by Crippen LogP contribution is 2.25. The molecule has 0 bridgehead atoms. The zero-order valence-corrected chi connectivity index (χ0v) is 13.7. The minimum Gasteiger partial charge on any atom is -0.364 e. The molecule has 1 aliphatic carbocycles. The average molecular weight is 337 g/mol. The van der Waals surface area contributed by atoms with Crippen LogP contribution in [0.3, 0.4) is 0 Å². The lowest BCUT2D eigenvalue weighted by atomic mass is 9.95. The van der Waals surface area contributed by atoms with Gasteiger partial charge < -0.3 is 15.4 Å². The molecule has 2 aromatic rings. The molecule has 1 aliphatic rings. The molecule has 3 atom stereocenters. The molecular weight excluding hydrogens is 318 g/mol. The Labute approximate surface area is 135 Å². The van der Waals surface area contributed by atoms with Crippen LogP contribution in [0.25, 0.3) is 5.65 Å². The topological polar surface area (TPSA) is 102 Å². The molecule has 0 aliphatic heterocycles. The lowest BCUT2D eigenvalue weighted by Crippen LogP contribution is -2.33. The van der Waals surface area contributed by atoms with Crippen molar-refractivity contribution in [2.45, 2.75) is 43.9 Å². The maximum Gasteiger partial charge on any atom is 0.368 e. The molecule has 0 spiro atoms. The molecular formula is C14H19N5O3S. The van der Waals surface area contributed by atoms with Crippen LogP contribution in [0.1, 0.15) is 32.6 Å². The van der Waals surface area contributed by atoms with Gasteiger partial charge in [0, 0.05) is 33.9 Å². The number of imidazole rings is 1. The van der Waals surface area contributed by atoms with Crippen LogP contribution in [0.2, 0.25) is 0 Å². The van der Waals surface area contributed by atoms with E-state index in [2.05, 4.69) is 15.4 Å². The number of anilines is 1. The normalized spacial score (nSPS) is 22.8. The van der Waals surface area contributed by atoms with Crippen molar-refractivity contribution in [1.29, 1.82) is 0 Å². The van der Waals surface area contributed by atoms with Crippen LogP contribution in [0.15, 0.2) is 18.3 Å². The molecule has 2 heterocycles. The number of fused-ring (bicyclic) bond motifs is 1. The van der Waals surface area contributed by atoms with E-state index in [-0.39, 0.29) is 17.1 Å². The largest absolute Gasteiger partial charge is 0.368 e. The third-order valence-electron chi connectivity index (χ3n) is 4.17. The molecule has 3 unspecified atom stereocenters. The highest BCUT2D eigenvalue weighted by Gasteiger charge is 2.26. The second kappa shape index (κ2) is 6.61. The first-order chi connectivity index (χ1) is 11.1. The van der Waals surface area contributed by atoms with Gasteiger partial charge in [0.1, 0.15) is 6.20 Å². The summed E-state index contributed by atoms with van der Waals surface area (Å²) in [5, 5.41) is 18.8. The van der Waals surface area contributed by atoms with E-state index in [1.165, 1.54) is 10.7 Å². The van der Waals surface area contributed by atoms with Crippen LogP contribution in [0, 0.1) is 10.1 Å². The van der Waals surface area contributed by atoms with Crippen LogP contribution >= 0.6 is 0 Å². The smallest absolute Gasteiger partial charge is 0.364 e. The predicted molar refractivity (Wildman–Crippen MR) is 88.0 cm³/mol. The third-order valence-corrected chi connectivity index (χ3v) is 5.91. The Bertz CT molecular complexity index is 747. The number of hydrogen-bond acceptors (Lipinski definition) is 6. The second-order valence-electron chi connectivity index (χ2n) is 5.66. The van der Waals surface area contributed by atoms with Gasteiger partial charge in [-0.3, -0.25) is 4.21 Å². The monoisotopic (exact) mass is 337 g/mol.